The van der Waals surface area contributed by atoms with E-state index in [1.165, 1.54) is 12.1 Å². The van der Waals surface area contributed by atoms with Crippen molar-refractivity contribution in [1.29, 1.82) is 0 Å². The van der Waals surface area contributed by atoms with Gasteiger partial charge in [-0.25, -0.2) is 0 Å². The van der Waals surface area contributed by atoms with Crippen LogP contribution in [-0.2, 0) is 12.0 Å². The number of aliphatic hydroxyl groups is 1. The average molecular weight is 306 g/mol. The minimum absolute atomic E-state index is 0.181. The van der Waals surface area contributed by atoms with Gasteiger partial charge in [0, 0.05) is 12.0 Å². The van der Waals surface area contributed by atoms with Gasteiger partial charge in [0.25, 0.3) is 0 Å². The molecule has 1 unspecified atom stereocenters. The number of hydrogen-bond acceptors (Lipinski definition) is 2. The molecule has 0 fully saturated rings. The molecule has 1 N–H and O–H groups in total. The van der Waals surface area contributed by atoms with E-state index in [4.69, 9.17) is 4.74 Å². The van der Waals surface area contributed by atoms with Gasteiger partial charge >= 0.3 is 6.18 Å². The lowest BCUT2D eigenvalue weighted by Gasteiger charge is -2.32. The van der Waals surface area contributed by atoms with E-state index in [1.54, 1.807) is 18.2 Å². The summed E-state index contributed by atoms with van der Waals surface area (Å²) in [6.45, 7) is 0. The zero-order valence-electron chi connectivity index (χ0n) is 11.5. The van der Waals surface area contributed by atoms with Crippen LogP contribution in [0.4, 0.5) is 13.2 Å². The summed E-state index contributed by atoms with van der Waals surface area (Å²) in [5.41, 5.74) is 0.663. The maximum atomic E-state index is 12.6. The maximum Gasteiger partial charge on any atom is 0.416 e. The van der Waals surface area contributed by atoms with Crippen LogP contribution in [0.1, 0.15) is 23.1 Å². The zero-order chi connectivity index (χ0) is 15.8. The number of hydrogen-bond donors (Lipinski definition) is 1. The molecule has 0 aliphatic heterocycles. The number of fused-ring (bicyclic) bond motifs is 1. The highest BCUT2D eigenvalue weighted by atomic mass is 19.4. The van der Waals surface area contributed by atoms with Crippen LogP contribution in [0.2, 0.25) is 0 Å². The van der Waals surface area contributed by atoms with E-state index in [-0.39, 0.29) is 12.2 Å². The Morgan fingerprint density at radius 2 is 1.68 bits per heavy atom. The Labute approximate surface area is 125 Å². The highest BCUT2D eigenvalue weighted by molar-refractivity contribution is 5.58. The van der Waals surface area contributed by atoms with E-state index < -0.39 is 17.5 Å². The van der Waals surface area contributed by atoms with Gasteiger partial charge in [0.1, 0.15) is 5.75 Å². The van der Waals surface area contributed by atoms with E-state index in [1.807, 2.05) is 18.2 Å². The van der Waals surface area contributed by atoms with Crippen molar-refractivity contribution in [1.82, 2.24) is 0 Å². The molecule has 0 saturated carbocycles. The van der Waals surface area contributed by atoms with Crippen molar-refractivity contribution in [3.8, 4) is 5.75 Å². The molecule has 1 aliphatic rings. The summed E-state index contributed by atoms with van der Waals surface area (Å²) in [5, 5.41) is 10.7. The summed E-state index contributed by atoms with van der Waals surface area (Å²) >= 11 is 0. The normalized spacial score (nSPS) is 20.5. The molecule has 0 saturated heterocycles. The van der Waals surface area contributed by atoms with Crippen molar-refractivity contribution < 1.29 is 23.0 Å². The molecule has 1 aliphatic carbocycles. The largest absolute Gasteiger partial charge is 0.458 e. The van der Waals surface area contributed by atoms with Crippen LogP contribution in [0.25, 0.3) is 6.08 Å². The third-order valence-electron chi connectivity index (χ3n) is 3.54. The van der Waals surface area contributed by atoms with Crippen LogP contribution < -0.4 is 4.74 Å². The summed E-state index contributed by atoms with van der Waals surface area (Å²) in [6.07, 6.45) is -0.521. The Hall–Kier alpha value is -2.27. The number of benzene rings is 2. The van der Waals surface area contributed by atoms with E-state index in [2.05, 4.69) is 0 Å². The highest BCUT2D eigenvalue weighted by Gasteiger charge is 2.35. The maximum absolute atomic E-state index is 12.6. The third kappa shape index (κ3) is 2.72. The second-order valence-electron chi connectivity index (χ2n) is 5.10. The molecular weight excluding hydrogens is 293 g/mol. The molecule has 0 aromatic heterocycles. The molecule has 2 aromatic carbocycles. The van der Waals surface area contributed by atoms with Crippen molar-refractivity contribution in [2.75, 3.05) is 0 Å². The Morgan fingerprint density at radius 3 is 2.36 bits per heavy atom. The Balaban J connectivity index is 1.88. The van der Waals surface area contributed by atoms with Crippen LogP contribution in [0.3, 0.4) is 0 Å². The summed E-state index contributed by atoms with van der Waals surface area (Å²) in [4.78, 5) is 0. The van der Waals surface area contributed by atoms with Crippen LogP contribution >= 0.6 is 0 Å². The Bertz CT molecular complexity index is 705. The molecule has 3 rings (SSSR count). The fourth-order valence-corrected chi connectivity index (χ4v) is 2.46. The SMILES string of the molecule is OC1(Oc2ccc(C(F)(F)F)cc2)CC=Cc2ccccc21. The van der Waals surface area contributed by atoms with Crippen molar-refractivity contribution in [2.45, 2.75) is 18.4 Å². The van der Waals surface area contributed by atoms with Gasteiger partial charge in [-0.2, -0.15) is 13.2 Å². The number of alkyl halides is 3. The van der Waals surface area contributed by atoms with Crippen molar-refractivity contribution in [2.24, 2.45) is 0 Å². The monoisotopic (exact) mass is 306 g/mol. The quantitative estimate of drug-likeness (QED) is 0.836. The predicted molar refractivity (Wildman–Crippen MR) is 76.1 cm³/mol. The fraction of sp³-hybridized carbons (Fsp3) is 0.176. The molecule has 0 heterocycles. The van der Waals surface area contributed by atoms with Crippen LogP contribution in [-0.4, -0.2) is 5.11 Å². The Kier molecular flexibility index (Phi) is 3.45. The smallest absolute Gasteiger partial charge is 0.416 e. The number of halogens is 3. The molecule has 0 amide bonds. The lowest BCUT2D eigenvalue weighted by atomic mass is 9.91. The predicted octanol–water partition coefficient (Wildman–Crippen LogP) is 4.35. The topological polar surface area (TPSA) is 29.5 Å². The summed E-state index contributed by atoms with van der Waals surface area (Å²) in [7, 11) is 0. The van der Waals surface area contributed by atoms with Gasteiger partial charge in [0.15, 0.2) is 0 Å². The van der Waals surface area contributed by atoms with E-state index in [0.29, 0.717) is 5.56 Å². The van der Waals surface area contributed by atoms with Gasteiger partial charge in [-0.05, 0) is 29.8 Å². The van der Waals surface area contributed by atoms with E-state index >= 15 is 0 Å². The molecule has 0 radical (unpaired) electrons. The molecule has 22 heavy (non-hydrogen) atoms. The second-order valence-corrected chi connectivity index (χ2v) is 5.10. The van der Waals surface area contributed by atoms with Crippen LogP contribution in [0, 0.1) is 0 Å². The molecule has 0 bridgehead atoms. The van der Waals surface area contributed by atoms with Crippen LogP contribution in [0.5, 0.6) is 5.75 Å². The first kappa shape index (κ1) is 14.7. The van der Waals surface area contributed by atoms with Gasteiger partial charge < -0.3 is 9.84 Å². The minimum Gasteiger partial charge on any atom is -0.458 e. The van der Waals surface area contributed by atoms with Gasteiger partial charge in [0.2, 0.25) is 5.79 Å². The van der Waals surface area contributed by atoms with Crippen molar-refractivity contribution in [3.05, 3.63) is 71.3 Å². The van der Waals surface area contributed by atoms with Crippen LogP contribution in [0.15, 0.2) is 54.6 Å². The molecule has 5 heteroatoms. The molecule has 1 atom stereocenters. The fourth-order valence-electron chi connectivity index (χ4n) is 2.46. The first-order valence-corrected chi connectivity index (χ1v) is 6.73. The lowest BCUT2D eigenvalue weighted by molar-refractivity contribution is -0.144. The van der Waals surface area contributed by atoms with Crippen molar-refractivity contribution >= 4 is 6.08 Å². The number of rotatable bonds is 2. The highest BCUT2D eigenvalue weighted by Crippen LogP contribution is 2.36. The minimum atomic E-state index is -4.39. The molecule has 2 aromatic rings. The zero-order valence-corrected chi connectivity index (χ0v) is 11.5. The summed E-state index contributed by atoms with van der Waals surface area (Å²) in [5.74, 6) is -1.40. The van der Waals surface area contributed by atoms with Gasteiger partial charge in [-0.15, -0.1) is 0 Å². The molecule has 114 valence electrons. The molecule has 2 nitrogen and oxygen atoms in total. The second kappa shape index (κ2) is 5.18. The summed E-state index contributed by atoms with van der Waals surface area (Å²) in [6, 6.07) is 11.5. The number of ether oxygens (including phenoxy) is 1. The standard InChI is InChI=1S/C17H13F3O2/c18-17(19,20)13-7-9-14(10-8-13)22-16(21)11-3-5-12-4-1-2-6-15(12)16/h1-10,21H,11H2. The van der Waals surface area contributed by atoms with Gasteiger partial charge in [0.05, 0.1) is 5.56 Å². The first-order chi connectivity index (χ1) is 10.4. The average Bonchev–Trinajstić information content (AvgIpc) is 2.47. The molecular formula is C17H13F3O2. The summed E-state index contributed by atoms with van der Waals surface area (Å²) < 4.78 is 43.2. The Morgan fingerprint density at radius 1 is 1.00 bits per heavy atom. The molecule has 0 spiro atoms. The van der Waals surface area contributed by atoms with Gasteiger partial charge in [-0.3, -0.25) is 0 Å². The van der Waals surface area contributed by atoms with Gasteiger partial charge in [-0.1, -0.05) is 36.4 Å². The first-order valence-electron chi connectivity index (χ1n) is 6.73. The van der Waals surface area contributed by atoms with E-state index in [0.717, 1.165) is 17.7 Å². The van der Waals surface area contributed by atoms with E-state index in [9.17, 15) is 18.3 Å². The third-order valence-corrected chi connectivity index (χ3v) is 3.54. The lowest BCUT2D eigenvalue weighted by Crippen LogP contribution is -2.34. The van der Waals surface area contributed by atoms with Crippen molar-refractivity contribution in [3.63, 3.8) is 0 Å².